The summed E-state index contributed by atoms with van der Waals surface area (Å²) in [5.41, 5.74) is 1.15. The monoisotopic (exact) mass is 289 g/mol. The van der Waals surface area contributed by atoms with Crippen LogP contribution in [-0.2, 0) is 6.42 Å². The van der Waals surface area contributed by atoms with E-state index >= 15 is 0 Å². The summed E-state index contributed by atoms with van der Waals surface area (Å²) < 4.78 is 16.7. The van der Waals surface area contributed by atoms with Crippen molar-refractivity contribution < 1.29 is 13.9 Å². The summed E-state index contributed by atoms with van der Waals surface area (Å²) in [7, 11) is 1.95. The first-order valence-corrected chi connectivity index (χ1v) is 7.37. The molecule has 0 bridgehead atoms. The van der Waals surface area contributed by atoms with Crippen molar-refractivity contribution in [1.29, 1.82) is 0 Å². The Morgan fingerprint density at radius 2 is 1.86 bits per heavy atom. The van der Waals surface area contributed by atoms with E-state index in [0.717, 1.165) is 29.2 Å². The van der Waals surface area contributed by atoms with Gasteiger partial charge in [0, 0.05) is 12.5 Å². The van der Waals surface area contributed by atoms with Crippen LogP contribution in [-0.4, -0.2) is 20.3 Å². The molecule has 1 aromatic carbocycles. The number of furan rings is 1. The third kappa shape index (κ3) is 4.02. The fraction of sp³-hybridized carbons (Fsp3) is 0.412. The molecule has 21 heavy (non-hydrogen) atoms. The van der Waals surface area contributed by atoms with Crippen molar-refractivity contribution in [3.8, 4) is 11.5 Å². The molecule has 0 aliphatic heterocycles. The molecule has 1 atom stereocenters. The van der Waals surface area contributed by atoms with E-state index in [1.165, 1.54) is 0 Å². The molecule has 0 saturated heterocycles. The largest absolute Gasteiger partial charge is 0.490 e. The molecule has 1 N–H and O–H groups in total. The SMILES string of the molecule is CCOc1ccc(C(Cc2ccco2)NC)cc1OCC. The summed E-state index contributed by atoms with van der Waals surface area (Å²) in [5.74, 6) is 2.54. The Balaban J connectivity index is 2.22. The third-order valence-electron chi connectivity index (χ3n) is 3.30. The van der Waals surface area contributed by atoms with E-state index < -0.39 is 0 Å². The van der Waals surface area contributed by atoms with E-state index in [1.807, 2.05) is 45.2 Å². The molecule has 0 radical (unpaired) electrons. The first kappa shape index (κ1) is 15.4. The van der Waals surface area contributed by atoms with Crippen LogP contribution >= 0.6 is 0 Å². The van der Waals surface area contributed by atoms with Crippen LogP contribution in [0.1, 0.15) is 31.2 Å². The van der Waals surface area contributed by atoms with Gasteiger partial charge in [0.1, 0.15) is 5.76 Å². The van der Waals surface area contributed by atoms with Crippen molar-refractivity contribution in [3.05, 3.63) is 47.9 Å². The number of benzene rings is 1. The van der Waals surface area contributed by atoms with Gasteiger partial charge in [-0.25, -0.2) is 0 Å². The van der Waals surface area contributed by atoms with Gasteiger partial charge in [-0.05, 0) is 50.7 Å². The Morgan fingerprint density at radius 1 is 1.10 bits per heavy atom. The number of ether oxygens (including phenoxy) is 2. The molecular weight excluding hydrogens is 266 g/mol. The molecule has 0 saturated carbocycles. The topological polar surface area (TPSA) is 43.6 Å². The molecule has 114 valence electrons. The van der Waals surface area contributed by atoms with E-state index in [1.54, 1.807) is 6.26 Å². The normalized spacial score (nSPS) is 12.1. The van der Waals surface area contributed by atoms with E-state index in [0.29, 0.717) is 13.2 Å². The van der Waals surface area contributed by atoms with Gasteiger partial charge in [-0.3, -0.25) is 0 Å². The van der Waals surface area contributed by atoms with E-state index in [-0.39, 0.29) is 6.04 Å². The Kier molecular flexibility index (Phi) is 5.69. The predicted octanol–water partition coefficient (Wildman–Crippen LogP) is 3.58. The second-order valence-corrected chi connectivity index (χ2v) is 4.70. The average molecular weight is 289 g/mol. The molecule has 2 aromatic rings. The van der Waals surface area contributed by atoms with Gasteiger partial charge in [-0.2, -0.15) is 0 Å². The van der Waals surface area contributed by atoms with Crippen LogP contribution in [0.2, 0.25) is 0 Å². The lowest BCUT2D eigenvalue weighted by Gasteiger charge is -2.18. The number of rotatable bonds is 8. The molecule has 1 heterocycles. The number of hydrogen-bond acceptors (Lipinski definition) is 4. The molecule has 1 aromatic heterocycles. The number of nitrogens with one attached hydrogen (secondary N) is 1. The maximum atomic E-state index is 5.68. The van der Waals surface area contributed by atoms with Crippen molar-refractivity contribution in [2.24, 2.45) is 0 Å². The highest BCUT2D eigenvalue weighted by Gasteiger charge is 2.15. The maximum absolute atomic E-state index is 5.68. The lowest BCUT2D eigenvalue weighted by atomic mass is 10.0. The minimum atomic E-state index is 0.172. The van der Waals surface area contributed by atoms with Gasteiger partial charge in [0.2, 0.25) is 0 Å². The van der Waals surface area contributed by atoms with Crippen LogP contribution in [0.5, 0.6) is 11.5 Å². The van der Waals surface area contributed by atoms with Crippen LogP contribution in [0.15, 0.2) is 41.0 Å². The van der Waals surface area contributed by atoms with Gasteiger partial charge < -0.3 is 19.2 Å². The minimum absolute atomic E-state index is 0.172. The predicted molar refractivity (Wildman–Crippen MR) is 83.0 cm³/mol. The van der Waals surface area contributed by atoms with E-state index in [9.17, 15) is 0 Å². The second kappa shape index (κ2) is 7.74. The van der Waals surface area contributed by atoms with Gasteiger partial charge in [0.15, 0.2) is 11.5 Å². The van der Waals surface area contributed by atoms with Gasteiger partial charge in [-0.1, -0.05) is 6.07 Å². The highest BCUT2D eigenvalue weighted by Crippen LogP contribution is 2.31. The maximum Gasteiger partial charge on any atom is 0.161 e. The van der Waals surface area contributed by atoms with Crippen molar-refractivity contribution >= 4 is 0 Å². The zero-order chi connectivity index (χ0) is 15.1. The standard InChI is InChI=1S/C17H23NO3/c1-4-19-16-9-8-13(11-17(16)20-5-2)15(18-3)12-14-7-6-10-21-14/h6-11,15,18H,4-5,12H2,1-3H3. The molecule has 1 unspecified atom stereocenters. The smallest absolute Gasteiger partial charge is 0.161 e. The zero-order valence-corrected chi connectivity index (χ0v) is 12.9. The highest BCUT2D eigenvalue weighted by atomic mass is 16.5. The van der Waals surface area contributed by atoms with E-state index in [2.05, 4.69) is 11.4 Å². The number of likely N-dealkylation sites (N-methyl/N-ethyl adjacent to an activating group) is 1. The second-order valence-electron chi connectivity index (χ2n) is 4.70. The van der Waals surface area contributed by atoms with Crippen LogP contribution in [0.25, 0.3) is 0 Å². The molecule has 2 rings (SSSR count). The van der Waals surface area contributed by atoms with Gasteiger partial charge in [0.05, 0.1) is 19.5 Å². The molecule has 0 aliphatic carbocycles. The lowest BCUT2D eigenvalue weighted by Crippen LogP contribution is -2.18. The lowest BCUT2D eigenvalue weighted by molar-refractivity contribution is 0.287. The molecule has 4 nitrogen and oxygen atoms in total. The molecule has 0 spiro atoms. The fourth-order valence-corrected chi connectivity index (χ4v) is 2.30. The molecular formula is C17H23NO3. The summed E-state index contributed by atoms with van der Waals surface area (Å²) in [4.78, 5) is 0. The fourth-order valence-electron chi connectivity index (χ4n) is 2.30. The molecule has 0 amide bonds. The van der Waals surface area contributed by atoms with E-state index in [4.69, 9.17) is 13.9 Å². The van der Waals surface area contributed by atoms with Crippen molar-refractivity contribution in [2.45, 2.75) is 26.3 Å². The summed E-state index contributed by atoms with van der Waals surface area (Å²) in [6.07, 6.45) is 2.49. The summed E-state index contributed by atoms with van der Waals surface area (Å²) in [6.45, 7) is 5.19. The first-order valence-electron chi connectivity index (χ1n) is 7.37. The minimum Gasteiger partial charge on any atom is -0.490 e. The molecule has 4 heteroatoms. The Morgan fingerprint density at radius 3 is 2.48 bits per heavy atom. The Bertz CT molecular complexity index is 537. The van der Waals surface area contributed by atoms with Crippen LogP contribution in [0.3, 0.4) is 0 Å². The molecule has 0 aliphatic rings. The highest BCUT2D eigenvalue weighted by molar-refractivity contribution is 5.44. The van der Waals surface area contributed by atoms with Crippen LogP contribution in [0.4, 0.5) is 0 Å². The van der Waals surface area contributed by atoms with Crippen molar-refractivity contribution in [3.63, 3.8) is 0 Å². The quantitative estimate of drug-likeness (QED) is 0.806. The number of hydrogen-bond donors (Lipinski definition) is 1. The summed E-state index contributed by atoms with van der Waals surface area (Å²) >= 11 is 0. The van der Waals surface area contributed by atoms with Crippen LogP contribution < -0.4 is 14.8 Å². The third-order valence-corrected chi connectivity index (χ3v) is 3.30. The summed E-state index contributed by atoms with van der Waals surface area (Å²) in [6, 6.07) is 10.1. The van der Waals surface area contributed by atoms with Crippen molar-refractivity contribution in [2.75, 3.05) is 20.3 Å². The Hall–Kier alpha value is -1.94. The zero-order valence-electron chi connectivity index (χ0n) is 12.9. The van der Waals surface area contributed by atoms with Gasteiger partial charge >= 0.3 is 0 Å². The average Bonchev–Trinajstić information content (AvgIpc) is 3.00. The Labute approximate surface area is 126 Å². The van der Waals surface area contributed by atoms with Crippen molar-refractivity contribution in [1.82, 2.24) is 5.32 Å². The first-order chi connectivity index (χ1) is 10.3. The van der Waals surface area contributed by atoms with Crippen LogP contribution in [0, 0.1) is 0 Å². The van der Waals surface area contributed by atoms with Gasteiger partial charge in [-0.15, -0.1) is 0 Å². The van der Waals surface area contributed by atoms with Gasteiger partial charge in [0.25, 0.3) is 0 Å². The summed E-state index contributed by atoms with van der Waals surface area (Å²) in [5, 5.41) is 3.32. The molecule has 0 fully saturated rings.